The molecule has 0 aliphatic carbocycles. The second-order valence-electron chi connectivity index (χ2n) is 13.5. The van der Waals surface area contributed by atoms with E-state index >= 15 is 0 Å². The molecule has 1 saturated heterocycles. The molecule has 7 heteroatoms. The molecule has 0 saturated carbocycles. The number of likely N-dealkylation sites (N-methyl/N-ethyl adjacent to an activating group) is 1. The van der Waals surface area contributed by atoms with Gasteiger partial charge < -0.3 is 19.4 Å². The van der Waals surface area contributed by atoms with Crippen LogP contribution in [0.3, 0.4) is 0 Å². The predicted molar refractivity (Wildman–Crippen MR) is 189 cm³/mol. The highest BCUT2D eigenvalue weighted by molar-refractivity contribution is 6.03. The first-order valence-electron chi connectivity index (χ1n) is 17.4. The number of ether oxygens (including phenoxy) is 1. The Hall–Kier alpha value is -4.07. The first kappa shape index (κ1) is 33.8. The van der Waals surface area contributed by atoms with Gasteiger partial charge in [0.15, 0.2) is 0 Å². The number of halogens is 2. The lowest BCUT2D eigenvalue weighted by Crippen LogP contribution is -2.48. The number of nitrogens with zero attached hydrogens (tertiary/aromatic N) is 3. The zero-order valence-electron chi connectivity index (χ0n) is 28.2. The number of hydrogen-bond acceptors (Lipinski definition) is 4. The van der Waals surface area contributed by atoms with Crippen LogP contribution in [-0.2, 0) is 16.6 Å². The molecule has 4 aromatic carbocycles. The van der Waals surface area contributed by atoms with Gasteiger partial charge in [0.25, 0.3) is 0 Å². The van der Waals surface area contributed by atoms with Crippen molar-refractivity contribution in [3.8, 4) is 5.75 Å². The molecule has 2 heterocycles. The monoisotopic (exact) mass is 651 g/mol. The third-order valence-electron chi connectivity index (χ3n) is 10.3. The van der Waals surface area contributed by atoms with Crippen LogP contribution in [0.4, 0.5) is 14.5 Å². The van der Waals surface area contributed by atoms with Crippen molar-refractivity contribution in [3.63, 3.8) is 0 Å². The molecule has 0 N–H and O–H groups in total. The zero-order chi connectivity index (χ0) is 33.5. The molecule has 0 radical (unpaired) electrons. The zero-order valence-corrected chi connectivity index (χ0v) is 28.2. The average molecular weight is 652 g/mol. The maximum absolute atomic E-state index is 13.6. The van der Waals surface area contributed by atoms with Gasteiger partial charge in [-0.05, 0) is 105 Å². The van der Waals surface area contributed by atoms with E-state index in [2.05, 4.69) is 15.9 Å². The number of carbonyl (C=O) groups is 1. The van der Waals surface area contributed by atoms with E-state index in [-0.39, 0.29) is 23.5 Å². The van der Waals surface area contributed by atoms with Crippen molar-refractivity contribution in [2.24, 2.45) is 0 Å². The Morgan fingerprint density at radius 2 is 1.29 bits per heavy atom. The highest BCUT2D eigenvalue weighted by Gasteiger charge is 2.44. The lowest BCUT2D eigenvalue weighted by molar-refractivity contribution is -0.123. The van der Waals surface area contributed by atoms with E-state index in [0.717, 1.165) is 93.1 Å². The summed E-state index contributed by atoms with van der Waals surface area (Å²) in [7, 11) is 1.86. The van der Waals surface area contributed by atoms with Crippen LogP contribution in [0.2, 0.25) is 0 Å². The minimum Gasteiger partial charge on any atom is -0.493 e. The number of para-hydroxylation sites is 2. The molecule has 1 unspecified atom stereocenters. The van der Waals surface area contributed by atoms with Crippen LogP contribution >= 0.6 is 0 Å². The Morgan fingerprint density at radius 1 is 0.729 bits per heavy atom. The summed E-state index contributed by atoms with van der Waals surface area (Å²) in [6, 6.07) is 29.6. The summed E-state index contributed by atoms with van der Waals surface area (Å²) >= 11 is 0. The number of unbranched alkanes of at least 4 members (excludes halogenated alkanes) is 1. The fourth-order valence-corrected chi connectivity index (χ4v) is 7.47. The first-order valence-corrected chi connectivity index (χ1v) is 17.4. The molecule has 0 spiro atoms. The van der Waals surface area contributed by atoms with Crippen LogP contribution in [0.15, 0.2) is 97.1 Å². The SMILES string of the molecule is CN1C(=O)C(C)(c2ccccc2OCCCCN2CCN(CCCC(c3ccc(F)cc3)c3ccc(F)cc3)CC2)Cc2ccccc21. The third kappa shape index (κ3) is 7.79. The molecule has 6 rings (SSSR count). The van der Waals surface area contributed by atoms with E-state index in [1.807, 2.05) is 80.7 Å². The van der Waals surface area contributed by atoms with Gasteiger partial charge in [0.2, 0.25) is 5.91 Å². The number of fused-ring (bicyclic) bond motifs is 1. The Morgan fingerprint density at radius 3 is 1.94 bits per heavy atom. The summed E-state index contributed by atoms with van der Waals surface area (Å²) in [5, 5.41) is 0. The van der Waals surface area contributed by atoms with Crippen LogP contribution in [0.1, 0.15) is 60.8 Å². The molecule has 1 amide bonds. The van der Waals surface area contributed by atoms with E-state index in [4.69, 9.17) is 4.74 Å². The molecule has 4 aromatic rings. The van der Waals surface area contributed by atoms with Gasteiger partial charge >= 0.3 is 0 Å². The minimum atomic E-state index is -0.678. The summed E-state index contributed by atoms with van der Waals surface area (Å²) in [5.74, 6) is 0.529. The predicted octanol–water partition coefficient (Wildman–Crippen LogP) is 7.83. The standard InChI is InChI=1S/C41H47F2N3O2/c1-41(30-33-10-3-5-13-38(33)44(2)40(41)47)37-12-4-6-14-39(37)48-29-8-7-23-45-25-27-46(28-26-45)24-9-11-36(31-15-19-34(42)20-16-31)32-17-21-35(43)22-18-32/h3-6,10,12-22,36H,7-9,11,23-30H2,1-2H3. The molecule has 48 heavy (non-hydrogen) atoms. The van der Waals surface area contributed by atoms with E-state index < -0.39 is 5.41 Å². The van der Waals surface area contributed by atoms with Crippen LogP contribution in [-0.4, -0.2) is 68.6 Å². The number of amides is 1. The molecule has 2 aliphatic heterocycles. The smallest absolute Gasteiger partial charge is 0.237 e. The van der Waals surface area contributed by atoms with Gasteiger partial charge in [0, 0.05) is 50.4 Å². The number of piperazine rings is 1. The van der Waals surface area contributed by atoms with Crippen molar-refractivity contribution in [1.29, 1.82) is 0 Å². The van der Waals surface area contributed by atoms with Crippen molar-refractivity contribution in [1.82, 2.24) is 9.80 Å². The van der Waals surface area contributed by atoms with Gasteiger partial charge in [-0.3, -0.25) is 4.79 Å². The summed E-state index contributed by atoms with van der Waals surface area (Å²) < 4.78 is 33.5. The number of rotatable bonds is 13. The number of anilines is 1. The maximum atomic E-state index is 13.6. The highest BCUT2D eigenvalue weighted by atomic mass is 19.1. The summed E-state index contributed by atoms with van der Waals surface area (Å²) in [4.78, 5) is 20.5. The van der Waals surface area contributed by atoms with Crippen molar-refractivity contribution in [2.75, 3.05) is 57.8 Å². The second kappa shape index (κ2) is 15.4. The Labute approximate surface area is 284 Å². The maximum Gasteiger partial charge on any atom is 0.237 e. The summed E-state index contributed by atoms with van der Waals surface area (Å²) in [6.45, 7) is 8.93. The lowest BCUT2D eigenvalue weighted by Gasteiger charge is -2.39. The molecule has 0 aromatic heterocycles. The van der Waals surface area contributed by atoms with Gasteiger partial charge in [-0.25, -0.2) is 8.78 Å². The molecule has 252 valence electrons. The first-order chi connectivity index (χ1) is 23.3. The van der Waals surface area contributed by atoms with E-state index in [1.54, 1.807) is 4.90 Å². The third-order valence-corrected chi connectivity index (χ3v) is 10.3. The number of benzene rings is 4. The molecular weight excluding hydrogens is 604 g/mol. The van der Waals surface area contributed by atoms with Gasteiger partial charge in [-0.15, -0.1) is 0 Å². The van der Waals surface area contributed by atoms with Gasteiger partial charge in [0.1, 0.15) is 17.4 Å². The summed E-state index contributed by atoms with van der Waals surface area (Å²) in [5.41, 5.74) is 4.56. The Balaban J connectivity index is 0.933. The van der Waals surface area contributed by atoms with Gasteiger partial charge in [0.05, 0.1) is 12.0 Å². The topological polar surface area (TPSA) is 36.0 Å². The van der Waals surface area contributed by atoms with E-state index in [0.29, 0.717) is 13.0 Å². The van der Waals surface area contributed by atoms with E-state index in [9.17, 15) is 13.6 Å². The van der Waals surface area contributed by atoms with Crippen molar-refractivity contribution >= 4 is 11.6 Å². The van der Waals surface area contributed by atoms with Crippen LogP contribution in [0.5, 0.6) is 5.75 Å². The van der Waals surface area contributed by atoms with Gasteiger partial charge in [-0.1, -0.05) is 60.7 Å². The molecular formula is C41H47F2N3O2. The minimum absolute atomic E-state index is 0.0944. The van der Waals surface area contributed by atoms with Crippen molar-refractivity contribution < 1.29 is 18.3 Å². The van der Waals surface area contributed by atoms with Crippen molar-refractivity contribution in [3.05, 3.63) is 131 Å². The largest absolute Gasteiger partial charge is 0.493 e. The molecule has 2 aliphatic rings. The highest BCUT2D eigenvalue weighted by Crippen LogP contribution is 2.42. The number of carbonyl (C=O) groups excluding carboxylic acids is 1. The van der Waals surface area contributed by atoms with Crippen LogP contribution in [0.25, 0.3) is 0 Å². The molecule has 5 nitrogen and oxygen atoms in total. The lowest BCUT2D eigenvalue weighted by atomic mass is 9.73. The fraction of sp³-hybridized carbons (Fsp3) is 0.390. The fourth-order valence-electron chi connectivity index (χ4n) is 7.47. The quantitative estimate of drug-likeness (QED) is 0.138. The van der Waals surface area contributed by atoms with Gasteiger partial charge in [-0.2, -0.15) is 0 Å². The van der Waals surface area contributed by atoms with Crippen LogP contribution in [0, 0.1) is 11.6 Å². The van der Waals surface area contributed by atoms with E-state index in [1.165, 1.54) is 29.8 Å². The molecule has 1 atom stereocenters. The van der Waals surface area contributed by atoms with Crippen molar-refractivity contribution in [2.45, 2.75) is 50.4 Å². The summed E-state index contributed by atoms with van der Waals surface area (Å²) in [6.07, 6.45) is 4.62. The number of hydrogen-bond donors (Lipinski definition) is 0. The normalized spacial score (nSPS) is 18.7. The van der Waals surface area contributed by atoms with Crippen LogP contribution < -0.4 is 9.64 Å². The molecule has 0 bridgehead atoms. The Bertz CT molecular complexity index is 1610. The molecule has 1 fully saturated rings. The second-order valence-corrected chi connectivity index (χ2v) is 13.5. The average Bonchev–Trinajstić information content (AvgIpc) is 3.11. The Kier molecular flexibility index (Phi) is 10.9.